The summed E-state index contributed by atoms with van der Waals surface area (Å²) < 4.78 is 2.22. The van der Waals surface area contributed by atoms with E-state index in [4.69, 9.17) is 0 Å². The van der Waals surface area contributed by atoms with Gasteiger partial charge in [0.15, 0.2) is 0 Å². The lowest BCUT2D eigenvalue weighted by molar-refractivity contribution is 0.0703. The van der Waals surface area contributed by atoms with Crippen molar-refractivity contribution in [3.63, 3.8) is 0 Å². The third kappa shape index (κ3) is 2.86. The van der Waals surface area contributed by atoms with Gasteiger partial charge >= 0.3 is 0 Å². The summed E-state index contributed by atoms with van der Waals surface area (Å²) in [5, 5.41) is 0. The minimum absolute atomic E-state index is 0.0218. The molecule has 0 spiro atoms. The fraction of sp³-hybridized carbons (Fsp3) is 0.474. The highest BCUT2D eigenvalue weighted by Crippen LogP contribution is 2.31. The molecule has 0 radical (unpaired) electrons. The molecule has 4 rings (SSSR count). The second kappa shape index (κ2) is 6.43. The highest BCUT2D eigenvalue weighted by Gasteiger charge is 2.30. The number of pyridine rings is 1. The van der Waals surface area contributed by atoms with E-state index in [1.165, 1.54) is 0 Å². The molecular formula is C19H22N4O2. The van der Waals surface area contributed by atoms with Crippen molar-refractivity contribution in [1.82, 2.24) is 19.4 Å². The summed E-state index contributed by atoms with van der Waals surface area (Å²) in [4.78, 5) is 35.2. The number of piperidine rings is 1. The fourth-order valence-electron chi connectivity index (χ4n) is 4.13. The highest BCUT2D eigenvalue weighted by molar-refractivity contribution is 5.94. The number of fused-ring (bicyclic) bond motifs is 1. The van der Waals surface area contributed by atoms with Gasteiger partial charge in [-0.2, -0.15) is 4.98 Å². The topological polar surface area (TPSA) is 68.1 Å². The Kier molecular flexibility index (Phi) is 4.11. The Bertz CT molecular complexity index is 860. The van der Waals surface area contributed by atoms with Crippen molar-refractivity contribution in [2.45, 2.75) is 45.1 Å². The molecule has 0 aliphatic carbocycles. The largest absolute Gasteiger partial charge is 0.338 e. The van der Waals surface area contributed by atoms with Crippen LogP contribution in [0.15, 0.2) is 29.3 Å². The summed E-state index contributed by atoms with van der Waals surface area (Å²) in [6.07, 6.45) is 7.14. The second-order valence-corrected chi connectivity index (χ2v) is 6.93. The summed E-state index contributed by atoms with van der Waals surface area (Å²) >= 11 is 0. The van der Waals surface area contributed by atoms with Crippen LogP contribution >= 0.6 is 0 Å². The standard InChI is InChI=1S/C19H22N4O2/c1-13-17(23-10-4-7-16(23)21-18(13)24)15-6-3-9-22(12-15)19(25)14-5-2-8-20-11-14/h2,5,8,11,15H,3-4,6-7,9-10,12H2,1H3/t15-/m1/s1. The quantitative estimate of drug-likeness (QED) is 0.839. The highest BCUT2D eigenvalue weighted by atomic mass is 16.2. The van der Waals surface area contributed by atoms with Gasteiger partial charge in [0.25, 0.3) is 11.5 Å². The van der Waals surface area contributed by atoms with Gasteiger partial charge < -0.3 is 9.47 Å². The van der Waals surface area contributed by atoms with Gasteiger partial charge in [0, 0.05) is 55.6 Å². The van der Waals surface area contributed by atoms with Crippen LogP contribution in [-0.4, -0.2) is 38.4 Å². The molecular weight excluding hydrogens is 316 g/mol. The van der Waals surface area contributed by atoms with Gasteiger partial charge in [-0.05, 0) is 38.3 Å². The number of aromatic nitrogens is 3. The van der Waals surface area contributed by atoms with Gasteiger partial charge in [-0.15, -0.1) is 0 Å². The number of hydrogen-bond acceptors (Lipinski definition) is 4. The van der Waals surface area contributed by atoms with Crippen LogP contribution in [0.4, 0.5) is 0 Å². The van der Waals surface area contributed by atoms with E-state index in [9.17, 15) is 9.59 Å². The van der Waals surface area contributed by atoms with E-state index >= 15 is 0 Å². The number of carbonyl (C=O) groups is 1. The second-order valence-electron chi connectivity index (χ2n) is 6.93. The number of hydrogen-bond donors (Lipinski definition) is 0. The maximum Gasteiger partial charge on any atom is 0.276 e. The Labute approximate surface area is 146 Å². The van der Waals surface area contributed by atoms with Crippen molar-refractivity contribution in [2.24, 2.45) is 0 Å². The number of carbonyl (C=O) groups excluding carboxylic acids is 1. The van der Waals surface area contributed by atoms with Crippen molar-refractivity contribution >= 4 is 5.91 Å². The smallest absolute Gasteiger partial charge is 0.276 e. The zero-order valence-electron chi connectivity index (χ0n) is 14.4. The Morgan fingerprint density at radius 3 is 2.96 bits per heavy atom. The lowest BCUT2D eigenvalue weighted by Crippen LogP contribution is -2.40. The van der Waals surface area contributed by atoms with Gasteiger partial charge in [-0.1, -0.05) is 0 Å². The first-order chi connectivity index (χ1) is 12.1. The van der Waals surface area contributed by atoms with Crippen molar-refractivity contribution in [3.05, 3.63) is 57.5 Å². The van der Waals surface area contributed by atoms with Crippen molar-refractivity contribution in [2.75, 3.05) is 13.1 Å². The van der Waals surface area contributed by atoms with E-state index in [-0.39, 0.29) is 17.4 Å². The van der Waals surface area contributed by atoms with Crippen LogP contribution in [0.3, 0.4) is 0 Å². The molecule has 0 unspecified atom stereocenters. The Hall–Kier alpha value is -2.50. The van der Waals surface area contributed by atoms with Gasteiger partial charge in [-0.25, -0.2) is 0 Å². The predicted octanol–water partition coefficient (Wildman–Crippen LogP) is 1.91. The minimum atomic E-state index is -0.112. The molecule has 0 N–H and O–H groups in total. The molecule has 130 valence electrons. The summed E-state index contributed by atoms with van der Waals surface area (Å²) in [6.45, 7) is 4.20. The number of nitrogens with zero attached hydrogens (tertiary/aromatic N) is 4. The van der Waals surface area contributed by atoms with Gasteiger partial charge in [0.05, 0.1) is 5.56 Å². The van der Waals surface area contributed by atoms with Crippen LogP contribution in [0.5, 0.6) is 0 Å². The van der Waals surface area contributed by atoms with Crippen LogP contribution in [0.1, 0.15) is 52.6 Å². The number of rotatable bonds is 2. The van der Waals surface area contributed by atoms with E-state index < -0.39 is 0 Å². The Morgan fingerprint density at radius 2 is 2.16 bits per heavy atom. The number of amides is 1. The van der Waals surface area contributed by atoms with E-state index in [1.807, 2.05) is 11.8 Å². The summed E-state index contributed by atoms with van der Waals surface area (Å²) in [5.74, 6) is 1.12. The average Bonchev–Trinajstić information content (AvgIpc) is 3.10. The van der Waals surface area contributed by atoms with E-state index in [2.05, 4.69) is 14.5 Å². The van der Waals surface area contributed by atoms with E-state index in [1.54, 1.807) is 24.5 Å². The first-order valence-electron chi connectivity index (χ1n) is 8.94. The lowest BCUT2D eigenvalue weighted by Gasteiger charge is -2.34. The summed E-state index contributed by atoms with van der Waals surface area (Å²) in [7, 11) is 0. The molecule has 2 aromatic rings. The minimum Gasteiger partial charge on any atom is -0.338 e. The van der Waals surface area contributed by atoms with Gasteiger partial charge in [0.1, 0.15) is 5.82 Å². The maximum absolute atomic E-state index is 12.8. The molecule has 6 heteroatoms. The predicted molar refractivity (Wildman–Crippen MR) is 93.7 cm³/mol. The monoisotopic (exact) mass is 338 g/mol. The zero-order valence-corrected chi connectivity index (χ0v) is 14.4. The number of aryl methyl sites for hydroxylation is 1. The molecule has 4 heterocycles. The summed E-state index contributed by atoms with van der Waals surface area (Å²) in [6, 6.07) is 3.59. The normalized spacial score (nSPS) is 19.7. The molecule has 2 aliphatic heterocycles. The van der Waals surface area contributed by atoms with Crippen LogP contribution in [0, 0.1) is 6.92 Å². The van der Waals surface area contributed by atoms with Crippen molar-refractivity contribution < 1.29 is 4.79 Å². The zero-order chi connectivity index (χ0) is 17.4. The van der Waals surface area contributed by atoms with Crippen LogP contribution in [-0.2, 0) is 13.0 Å². The van der Waals surface area contributed by atoms with Crippen molar-refractivity contribution in [1.29, 1.82) is 0 Å². The first kappa shape index (κ1) is 16.0. The van der Waals surface area contributed by atoms with Crippen LogP contribution in [0.2, 0.25) is 0 Å². The first-order valence-corrected chi connectivity index (χ1v) is 8.94. The van der Waals surface area contributed by atoms with Crippen LogP contribution < -0.4 is 5.56 Å². The van der Waals surface area contributed by atoms with E-state index in [0.29, 0.717) is 12.1 Å². The molecule has 0 saturated carbocycles. The van der Waals surface area contributed by atoms with Crippen LogP contribution in [0.25, 0.3) is 0 Å². The molecule has 1 saturated heterocycles. The third-order valence-electron chi connectivity index (χ3n) is 5.32. The third-order valence-corrected chi connectivity index (χ3v) is 5.32. The lowest BCUT2D eigenvalue weighted by atomic mass is 9.91. The van der Waals surface area contributed by atoms with Gasteiger partial charge in [-0.3, -0.25) is 14.6 Å². The average molecular weight is 338 g/mol. The van der Waals surface area contributed by atoms with E-state index in [0.717, 1.165) is 55.9 Å². The molecule has 1 atom stereocenters. The van der Waals surface area contributed by atoms with Crippen molar-refractivity contribution in [3.8, 4) is 0 Å². The molecule has 2 aliphatic rings. The molecule has 1 amide bonds. The molecule has 0 bridgehead atoms. The SMILES string of the molecule is Cc1c([C@@H]2CCCN(C(=O)c3cccnc3)C2)n2c(nc1=O)CCC2. The Balaban J connectivity index is 1.65. The molecule has 25 heavy (non-hydrogen) atoms. The molecule has 6 nitrogen and oxygen atoms in total. The molecule has 0 aromatic carbocycles. The molecule has 2 aromatic heterocycles. The Morgan fingerprint density at radius 1 is 1.28 bits per heavy atom. The summed E-state index contributed by atoms with van der Waals surface area (Å²) in [5.41, 5.74) is 2.35. The number of likely N-dealkylation sites (tertiary alicyclic amines) is 1. The molecule has 1 fully saturated rings. The van der Waals surface area contributed by atoms with Gasteiger partial charge in [0.2, 0.25) is 0 Å². The fourth-order valence-corrected chi connectivity index (χ4v) is 4.13. The maximum atomic E-state index is 12.8.